The van der Waals surface area contributed by atoms with Crippen LogP contribution in [-0.4, -0.2) is 29.0 Å². The number of nitrogens with zero attached hydrogens (tertiary/aromatic N) is 2. The minimum Gasteiger partial charge on any atom is -0.322 e. The molecule has 1 N–H and O–H groups in total. The van der Waals surface area contributed by atoms with Crippen LogP contribution in [0.3, 0.4) is 0 Å². The zero-order chi connectivity index (χ0) is 19.0. The second kappa shape index (κ2) is 7.13. The number of carbonyl (C=O) groups excluding carboxylic acids is 3. The molecule has 0 radical (unpaired) electrons. The lowest BCUT2D eigenvalue weighted by molar-refractivity contribution is -0.121. The molecule has 8 heteroatoms. The van der Waals surface area contributed by atoms with Crippen LogP contribution in [0.1, 0.15) is 23.2 Å². The van der Waals surface area contributed by atoms with Crippen molar-refractivity contribution in [2.75, 3.05) is 16.5 Å². The number of anilines is 2. The summed E-state index contributed by atoms with van der Waals surface area (Å²) in [7, 11) is 0. The lowest BCUT2D eigenvalue weighted by Gasteiger charge is -2.14. The zero-order valence-corrected chi connectivity index (χ0v) is 16.0. The number of hydrogen-bond donors (Lipinski definition) is 1. The van der Waals surface area contributed by atoms with Crippen LogP contribution >= 0.6 is 23.1 Å². The standard InChI is InChI=1S/C19H15N3O3S2/c1-26-19-21-14-6-5-12(10-15(14)27-19)20-18(25)11-3-2-4-13(9-11)22-16(23)7-8-17(22)24/h2-6,9-10H,7-8H2,1H3,(H,20,25). The Labute approximate surface area is 163 Å². The number of imide groups is 1. The topological polar surface area (TPSA) is 79.4 Å². The molecule has 136 valence electrons. The first-order valence-corrected chi connectivity index (χ1v) is 10.3. The molecule has 0 spiro atoms. The molecule has 3 aromatic rings. The van der Waals surface area contributed by atoms with Gasteiger partial charge in [0.2, 0.25) is 11.8 Å². The highest BCUT2D eigenvalue weighted by molar-refractivity contribution is 8.00. The Morgan fingerprint density at radius 2 is 1.93 bits per heavy atom. The first-order valence-electron chi connectivity index (χ1n) is 8.27. The number of aromatic nitrogens is 1. The average molecular weight is 397 g/mol. The van der Waals surface area contributed by atoms with Gasteiger partial charge < -0.3 is 5.32 Å². The first-order chi connectivity index (χ1) is 13.0. The van der Waals surface area contributed by atoms with Crippen LogP contribution in [0.5, 0.6) is 0 Å². The number of hydrogen-bond acceptors (Lipinski definition) is 6. The smallest absolute Gasteiger partial charge is 0.255 e. The molecular weight excluding hydrogens is 382 g/mol. The van der Waals surface area contributed by atoms with Crippen molar-refractivity contribution in [3.63, 3.8) is 0 Å². The number of benzene rings is 2. The van der Waals surface area contributed by atoms with Crippen molar-refractivity contribution in [1.82, 2.24) is 4.98 Å². The number of fused-ring (bicyclic) bond motifs is 1. The highest BCUT2D eigenvalue weighted by Gasteiger charge is 2.30. The predicted molar refractivity (Wildman–Crippen MR) is 108 cm³/mol. The second-order valence-electron chi connectivity index (χ2n) is 5.99. The van der Waals surface area contributed by atoms with Gasteiger partial charge in [0.15, 0.2) is 4.34 Å². The van der Waals surface area contributed by atoms with Crippen LogP contribution in [-0.2, 0) is 9.59 Å². The van der Waals surface area contributed by atoms with Crippen molar-refractivity contribution in [3.05, 3.63) is 48.0 Å². The Balaban J connectivity index is 1.57. The number of thiazole rings is 1. The van der Waals surface area contributed by atoms with E-state index in [-0.39, 0.29) is 30.6 Å². The summed E-state index contributed by atoms with van der Waals surface area (Å²) >= 11 is 3.16. The van der Waals surface area contributed by atoms with Gasteiger partial charge in [-0.25, -0.2) is 4.98 Å². The number of rotatable bonds is 4. The lowest BCUT2D eigenvalue weighted by atomic mass is 10.1. The minimum absolute atomic E-state index is 0.210. The Bertz CT molecular complexity index is 1060. The largest absolute Gasteiger partial charge is 0.322 e. The summed E-state index contributed by atoms with van der Waals surface area (Å²) in [6.07, 6.45) is 2.40. The molecule has 3 amide bonds. The SMILES string of the molecule is CSc1nc2ccc(NC(=O)c3cccc(N4C(=O)CCC4=O)c3)cc2s1. The summed E-state index contributed by atoms with van der Waals surface area (Å²) in [5.41, 5.74) is 2.38. The number of nitrogens with one attached hydrogen (secondary N) is 1. The molecule has 1 aromatic heterocycles. The van der Waals surface area contributed by atoms with Gasteiger partial charge in [-0.3, -0.25) is 19.3 Å². The molecule has 6 nitrogen and oxygen atoms in total. The van der Waals surface area contributed by atoms with E-state index in [0.29, 0.717) is 16.9 Å². The van der Waals surface area contributed by atoms with Gasteiger partial charge in [-0.2, -0.15) is 0 Å². The predicted octanol–water partition coefficient (Wildman–Crippen LogP) is 3.92. The van der Waals surface area contributed by atoms with Crippen LogP contribution in [0.4, 0.5) is 11.4 Å². The van der Waals surface area contributed by atoms with E-state index in [2.05, 4.69) is 10.3 Å². The fourth-order valence-corrected chi connectivity index (χ4v) is 4.45. The van der Waals surface area contributed by atoms with Crippen LogP contribution < -0.4 is 10.2 Å². The second-order valence-corrected chi connectivity index (χ2v) is 8.08. The Hall–Kier alpha value is -2.71. The lowest BCUT2D eigenvalue weighted by Crippen LogP contribution is -2.28. The van der Waals surface area contributed by atoms with E-state index in [0.717, 1.165) is 19.5 Å². The maximum absolute atomic E-state index is 12.6. The molecule has 0 unspecified atom stereocenters. The van der Waals surface area contributed by atoms with Crippen molar-refractivity contribution >= 4 is 62.4 Å². The Morgan fingerprint density at radius 1 is 1.15 bits per heavy atom. The Morgan fingerprint density at radius 3 is 2.67 bits per heavy atom. The van der Waals surface area contributed by atoms with Crippen molar-refractivity contribution in [3.8, 4) is 0 Å². The Kier molecular flexibility index (Phi) is 4.67. The number of thioether (sulfide) groups is 1. The van der Waals surface area contributed by atoms with Gasteiger partial charge in [0.25, 0.3) is 5.91 Å². The quantitative estimate of drug-likeness (QED) is 0.533. The molecule has 0 saturated carbocycles. The zero-order valence-electron chi connectivity index (χ0n) is 14.4. The van der Waals surface area contributed by atoms with Crippen LogP contribution in [0.2, 0.25) is 0 Å². The van der Waals surface area contributed by atoms with E-state index in [1.807, 2.05) is 18.4 Å². The monoisotopic (exact) mass is 397 g/mol. The molecule has 1 aliphatic heterocycles. The van der Waals surface area contributed by atoms with Crippen LogP contribution in [0, 0.1) is 0 Å². The van der Waals surface area contributed by atoms with Gasteiger partial charge >= 0.3 is 0 Å². The molecule has 0 aliphatic carbocycles. The average Bonchev–Trinajstić information content (AvgIpc) is 3.24. The molecular formula is C19H15N3O3S2. The first kappa shape index (κ1) is 17.7. The van der Waals surface area contributed by atoms with Crippen LogP contribution in [0.25, 0.3) is 10.2 Å². The molecule has 4 rings (SSSR count). The van der Waals surface area contributed by atoms with Crippen molar-refractivity contribution in [2.45, 2.75) is 17.2 Å². The highest BCUT2D eigenvalue weighted by atomic mass is 32.2. The summed E-state index contributed by atoms with van der Waals surface area (Å²) in [6.45, 7) is 0. The number of amides is 3. The van der Waals surface area contributed by atoms with E-state index in [4.69, 9.17) is 0 Å². The van der Waals surface area contributed by atoms with Crippen molar-refractivity contribution in [2.24, 2.45) is 0 Å². The van der Waals surface area contributed by atoms with Gasteiger partial charge in [0, 0.05) is 24.1 Å². The van der Waals surface area contributed by atoms with Crippen molar-refractivity contribution in [1.29, 1.82) is 0 Å². The van der Waals surface area contributed by atoms with Gasteiger partial charge in [-0.05, 0) is 42.7 Å². The fourth-order valence-electron chi connectivity index (χ4n) is 2.92. The highest BCUT2D eigenvalue weighted by Crippen LogP contribution is 2.30. The molecule has 1 saturated heterocycles. The molecule has 27 heavy (non-hydrogen) atoms. The maximum Gasteiger partial charge on any atom is 0.255 e. The number of carbonyl (C=O) groups is 3. The summed E-state index contributed by atoms with van der Waals surface area (Å²) < 4.78 is 1.97. The van der Waals surface area contributed by atoms with E-state index in [1.54, 1.807) is 53.4 Å². The molecule has 1 aliphatic rings. The van der Waals surface area contributed by atoms with Crippen LogP contribution in [0.15, 0.2) is 46.8 Å². The normalized spacial score (nSPS) is 14.2. The van der Waals surface area contributed by atoms with E-state index in [1.165, 1.54) is 0 Å². The summed E-state index contributed by atoms with van der Waals surface area (Å²) in [6, 6.07) is 12.1. The van der Waals surface area contributed by atoms with Gasteiger partial charge in [0.05, 0.1) is 15.9 Å². The minimum atomic E-state index is -0.301. The molecule has 0 bridgehead atoms. The molecule has 2 aromatic carbocycles. The third-order valence-electron chi connectivity index (χ3n) is 4.22. The molecule has 1 fully saturated rings. The van der Waals surface area contributed by atoms with Gasteiger partial charge in [-0.15, -0.1) is 11.3 Å². The fraction of sp³-hybridized carbons (Fsp3) is 0.158. The van der Waals surface area contributed by atoms with E-state index in [9.17, 15) is 14.4 Å². The maximum atomic E-state index is 12.6. The van der Waals surface area contributed by atoms with E-state index >= 15 is 0 Å². The van der Waals surface area contributed by atoms with Crippen molar-refractivity contribution < 1.29 is 14.4 Å². The summed E-state index contributed by atoms with van der Waals surface area (Å²) in [5, 5.41) is 2.86. The molecule has 0 atom stereocenters. The third kappa shape index (κ3) is 3.45. The molecule has 2 heterocycles. The van der Waals surface area contributed by atoms with Gasteiger partial charge in [0.1, 0.15) is 0 Å². The van der Waals surface area contributed by atoms with Gasteiger partial charge in [-0.1, -0.05) is 17.8 Å². The third-order valence-corrected chi connectivity index (χ3v) is 6.22. The van der Waals surface area contributed by atoms with E-state index < -0.39 is 0 Å². The summed E-state index contributed by atoms with van der Waals surface area (Å²) in [5.74, 6) is -0.777. The summed E-state index contributed by atoms with van der Waals surface area (Å²) in [4.78, 5) is 42.1.